The maximum atomic E-state index is 12.2. The maximum absolute atomic E-state index is 12.2. The predicted octanol–water partition coefficient (Wildman–Crippen LogP) is 12.0. The highest BCUT2D eigenvalue weighted by Gasteiger charge is 2.31. The molecule has 0 aliphatic heterocycles. The van der Waals surface area contributed by atoms with Gasteiger partial charge in [0.25, 0.3) is 0 Å². The van der Waals surface area contributed by atoms with Crippen LogP contribution in [0.4, 0.5) is 0 Å². The standard InChI is InChI=1S/C40H66O2/c1-29(17-13-19-31(3)21-23-35-33(5)37(41)25-27-39(35,7)8)15-11-12-16-30(2)18-14-20-32(4)22-24-36-34(6)38(42)26-28-40(36,9)10/h21-24,29-32H,11-20,25-28H2,1-10H3/b23-21+,24-22+. The quantitative estimate of drug-likeness (QED) is 0.161. The lowest BCUT2D eigenvalue weighted by Crippen LogP contribution is -2.24. The predicted molar refractivity (Wildman–Crippen MR) is 183 cm³/mol. The van der Waals surface area contributed by atoms with E-state index in [4.69, 9.17) is 0 Å². The van der Waals surface area contributed by atoms with Crippen LogP contribution in [0.1, 0.15) is 159 Å². The molecule has 238 valence electrons. The number of unbranched alkanes of at least 4 members (excludes halogenated alkanes) is 1. The number of rotatable bonds is 17. The highest BCUT2D eigenvalue weighted by molar-refractivity contribution is 5.97. The lowest BCUT2D eigenvalue weighted by molar-refractivity contribution is -0.117. The van der Waals surface area contributed by atoms with Crippen molar-refractivity contribution in [2.75, 3.05) is 0 Å². The Kier molecular flexibility index (Phi) is 14.7. The second-order valence-electron chi connectivity index (χ2n) is 15.7. The molecule has 0 saturated carbocycles. The average Bonchev–Trinajstić information content (AvgIpc) is 2.91. The van der Waals surface area contributed by atoms with Crippen LogP contribution in [-0.2, 0) is 9.59 Å². The summed E-state index contributed by atoms with van der Waals surface area (Å²) in [5.41, 5.74) is 4.69. The van der Waals surface area contributed by atoms with E-state index in [1.54, 1.807) is 0 Å². The fourth-order valence-corrected chi connectivity index (χ4v) is 7.08. The number of allylic oxidation sites excluding steroid dienone is 8. The first-order valence-electron chi connectivity index (χ1n) is 17.5. The molecule has 0 amide bonds. The van der Waals surface area contributed by atoms with E-state index in [0.29, 0.717) is 36.2 Å². The lowest BCUT2D eigenvalue weighted by atomic mass is 9.72. The molecule has 42 heavy (non-hydrogen) atoms. The first-order valence-corrected chi connectivity index (χ1v) is 17.5. The zero-order chi connectivity index (χ0) is 31.5. The van der Waals surface area contributed by atoms with Gasteiger partial charge in [0.2, 0.25) is 0 Å². The van der Waals surface area contributed by atoms with Gasteiger partial charge < -0.3 is 0 Å². The normalized spacial score (nSPS) is 22.3. The summed E-state index contributed by atoms with van der Waals surface area (Å²) in [6, 6.07) is 0. The van der Waals surface area contributed by atoms with Crippen LogP contribution in [0.5, 0.6) is 0 Å². The van der Waals surface area contributed by atoms with Gasteiger partial charge in [0.15, 0.2) is 11.6 Å². The average molecular weight is 579 g/mol. The van der Waals surface area contributed by atoms with Crippen LogP contribution in [0.15, 0.2) is 46.6 Å². The topological polar surface area (TPSA) is 34.1 Å². The number of carbonyl (C=O) groups is 2. The molecule has 4 atom stereocenters. The number of hydrogen-bond acceptors (Lipinski definition) is 2. The highest BCUT2D eigenvalue weighted by Crippen LogP contribution is 2.40. The monoisotopic (exact) mass is 579 g/mol. The molecule has 0 radical (unpaired) electrons. The lowest BCUT2D eigenvalue weighted by Gasteiger charge is -2.32. The molecule has 2 nitrogen and oxygen atoms in total. The molecule has 2 aliphatic carbocycles. The molecular formula is C40H66O2. The minimum absolute atomic E-state index is 0.114. The van der Waals surface area contributed by atoms with Gasteiger partial charge in [-0.15, -0.1) is 0 Å². The molecule has 2 rings (SSSR count). The van der Waals surface area contributed by atoms with Gasteiger partial charge >= 0.3 is 0 Å². The fraction of sp³-hybridized carbons (Fsp3) is 0.750. The minimum atomic E-state index is 0.114. The Balaban J connectivity index is 1.58. The second kappa shape index (κ2) is 17.0. The van der Waals surface area contributed by atoms with Crippen molar-refractivity contribution in [3.8, 4) is 0 Å². The third-order valence-corrected chi connectivity index (χ3v) is 10.6. The van der Waals surface area contributed by atoms with Gasteiger partial charge in [-0.05, 0) is 96.3 Å². The minimum Gasteiger partial charge on any atom is -0.295 e. The van der Waals surface area contributed by atoms with Gasteiger partial charge in [-0.1, -0.05) is 131 Å². The number of ketones is 2. The van der Waals surface area contributed by atoms with Crippen LogP contribution < -0.4 is 0 Å². The summed E-state index contributed by atoms with van der Waals surface area (Å²) < 4.78 is 0. The third-order valence-electron chi connectivity index (χ3n) is 10.6. The van der Waals surface area contributed by atoms with E-state index in [2.05, 4.69) is 79.7 Å². The Morgan fingerprint density at radius 2 is 0.905 bits per heavy atom. The largest absolute Gasteiger partial charge is 0.295 e. The van der Waals surface area contributed by atoms with Crippen molar-refractivity contribution >= 4 is 11.6 Å². The summed E-state index contributed by atoms with van der Waals surface area (Å²) in [5.74, 6) is 3.41. The van der Waals surface area contributed by atoms with E-state index < -0.39 is 0 Å². The van der Waals surface area contributed by atoms with Gasteiger partial charge in [-0.25, -0.2) is 0 Å². The van der Waals surface area contributed by atoms with E-state index in [1.165, 1.54) is 75.4 Å². The molecule has 0 spiro atoms. The van der Waals surface area contributed by atoms with Crippen molar-refractivity contribution in [1.82, 2.24) is 0 Å². The smallest absolute Gasteiger partial charge is 0.158 e. The van der Waals surface area contributed by atoms with Gasteiger partial charge in [0.05, 0.1) is 0 Å². The fourth-order valence-electron chi connectivity index (χ4n) is 7.08. The van der Waals surface area contributed by atoms with Gasteiger partial charge in [0, 0.05) is 12.8 Å². The summed E-state index contributed by atoms with van der Waals surface area (Å²) in [6.07, 6.45) is 25.7. The molecule has 0 N–H and O–H groups in total. The molecule has 4 unspecified atom stereocenters. The molecule has 0 aromatic heterocycles. The number of carbonyl (C=O) groups excluding carboxylic acids is 2. The third kappa shape index (κ3) is 11.8. The summed E-state index contributed by atoms with van der Waals surface area (Å²) in [5, 5.41) is 0. The Hall–Kier alpha value is -1.70. The van der Waals surface area contributed by atoms with Crippen molar-refractivity contribution in [3.63, 3.8) is 0 Å². The summed E-state index contributed by atoms with van der Waals surface area (Å²) in [7, 11) is 0. The molecule has 2 heteroatoms. The van der Waals surface area contributed by atoms with Gasteiger partial charge in [-0.2, -0.15) is 0 Å². The molecule has 0 aromatic carbocycles. The first kappa shape index (κ1) is 36.5. The molecular weight excluding hydrogens is 512 g/mol. The Bertz CT molecular complexity index is 932. The Morgan fingerprint density at radius 3 is 1.26 bits per heavy atom. The van der Waals surface area contributed by atoms with Crippen LogP contribution in [0.25, 0.3) is 0 Å². The van der Waals surface area contributed by atoms with E-state index in [9.17, 15) is 9.59 Å². The second-order valence-corrected chi connectivity index (χ2v) is 15.7. The summed E-state index contributed by atoms with van der Waals surface area (Å²) in [4.78, 5) is 24.4. The van der Waals surface area contributed by atoms with Crippen molar-refractivity contribution in [1.29, 1.82) is 0 Å². The molecule has 0 saturated heterocycles. The zero-order valence-electron chi connectivity index (χ0n) is 29.3. The number of hydrogen-bond donors (Lipinski definition) is 0. The highest BCUT2D eigenvalue weighted by atomic mass is 16.1. The van der Waals surface area contributed by atoms with Crippen molar-refractivity contribution in [2.45, 2.75) is 159 Å². The van der Waals surface area contributed by atoms with Gasteiger partial charge in [-0.3, -0.25) is 9.59 Å². The van der Waals surface area contributed by atoms with Crippen molar-refractivity contribution in [3.05, 3.63) is 46.6 Å². The summed E-state index contributed by atoms with van der Waals surface area (Å²) >= 11 is 0. The van der Waals surface area contributed by atoms with E-state index in [0.717, 1.165) is 35.8 Å². The van der Waals surface area contributed by atoms with E-state index in [1.807, 2.05) is 13.8 Å². The molecule has 0 bridgehead atoms. The van der Waals surface area contributed by atoms with Crippen molar-refractivity contribution < 1.29 is 9.59 Å². The zero-order valence-corrected chi connectivity index (χ0v) is 29.3. The van der Waals surface area contributed by atoms with Crippen LogP contribution in [0.3, 0.4) is 0 Å². The van der Waals surface area contributed by atoms with Crippen LogP contribution in [0, 0.1) is 34.5 Å². The molecule has 2 aliphatic rings. The molecule has 0 heterocycles. The SMILES string of the molecule is CC1=C(/C=C/C(C)CCCC(C)CCCCC(C)CCCC(C)/C=C/C2=C(C)C(=O)CCC2(C)C)C(C)(C)CCC1=O. The van der Waals surface area contributed by atoms with Crippen LogP contribution in [-0.4, -0.2) is 11.6 Å². The molecule has 0 aromatic rings. The van der Waals surface area contributed by atoms with Gasteiger partial charge in [0.1, 0.15) is 0 Å². The number of Topliss-reactive ketones (excluding diaryl/α,β-unsaturated/α-hetero) is 2. The summed E-state index contributed by atoms with van der Waals surface area (Å²) in [6.45, 7) is 22.7. The Morgan fingerprint density at radius 1 is 0.571 bits per heavy atom. The van der Waals surface area contributed by atoms with E-state index in [-0.39, 0.29) is 10.8 Å². The molecule has 0 fully saturated rings. The maximum Gasteiger partial charge on any atom is 0.158 e. The Labute approximate surface area is 261 Å². The van der Waals surface area contributed by atoms with Crippen LogP contribution in [0.2, 0.25) is 0 Å². The van der Waals surface area contributed by atoms with E-state index >= 15 is 0 Å². The van der Waals surface area contributed by atoms with Crippen LogP contribution >= 0.6 is 0 Å². The first-order chi connectivity index (χ1) is 19.6. The van der Waals surface area contributed by atoms with Crippen molar-refractivity contribution in [2.24, 2.45) is 34.5 Å².